The molecule has 0 atom stereocenters. The second-order valence-electron chi connectivity index (χ2n) is 36.0. The molecule has 13 nitrogen and oxygen atoms in total. The molecule has 0 unspecified atom stereocenters. The number of thiophene rings is 1. The van der Waals surface area contributed by atoms with E-state index in [9.17, 15) is 0 Å². The topological polar surface area (TPSA) is 120 Å². The SMILES string of the molecule is c1ccc(-c2nc(-c3ccccc3)nc(-c3ccc4oc5ccc(-n6c7ccccc7c7cc(-n8c9ccccc9c9cc(-n%10c%11ccccc%11c%11ccccc%11%10)ccc98)ccc76)cc5c4c3)n2)cc1.c1ccc(-c2nc(-c3ccccc3)nc(-c3cccc4c3sc3c(-n5c6ccccc6c6cc(-n7c8ccccc8c8cc(-n9c%10ccccc%10c%10ccccc%109)ccc87)ccc65)cccc34)n2)cc1. The Balaban J connectivity index is 0.000000134. The maximum atomic E-state index is 6.50. The van der Waals surface area contributed by atoms with Crippen LogP contribution in [0.1, 0.15) is 0 Å². The third-order valence-corrected chi connectivity index (χ3v) is 29.4. The number of para-hydroxylation sites is 8. The molecule has 0 aliphatic rings. The third kappa shape index (κ3) is 12.4. The van der Waals surface area contributed by atoms with Crippen LogP contribution in [0.5, 0.6) is 0 Å². The van der Waals surface area contributed by atoms with Crippen molar-refractivity contribution in [2.75, 3.05) is 0 Å². The molecule has 652 valence electrons. The number of hydrogen-bond donors (Lipinski definition) is 0. The molecule has 0 spiro atoms. The summed E-state index contributed by atoms with van der Waals surface area (Å²) in [6.07, 6.45) is 0. The van der Waals surface area contributed by atoms with E-state index in [1.165, 1.54) is 119 Å². The molecule has 10 aromatic heterocycles. The molecule has 0 saturated heterocycles. The minimum Gasteiger partial charge on any atom is -0.456 e. The fourth-order valence-electron chi connectivity index (χ4n) is 22.0. The molecule has 30 aromatic rings. The molecule has 140 heavy (non-hydrogen) atoms. The van der Waals surface area contributed by atoms with Gasteiger partial charge in [-0.2, -0.15) is 0 Å². The van der Waals surface area contributed by atoms with Gasteiger partial charge in [0.1, 0.15) is 11.2 Å². The van der Waals surface area contributed by atoms with E-state index in [-0.39, 0.29) is 0 Å². The Kier molecular flexibility index (Phi) is 17.7. The van der Waals surface area contributed by atoms with E-state index in [0.717, 1.165) is 122 Å². The zero-order valence-corrected chi connectivity index (χ0v) is 75.9. The van der Waals surface area contributed by atoms with Gasteiger partial charge in [0.2, 0.25) is 0 Å². The fraction of sp³-hybridized carbons (Fsp3) is 0. The number of benzene rings is 20. The summed E-state index contributed by atoms with van der Waals surface area (Å²) in [5.74, 6) is 3.81. The van der Waals surface area contributed by atoms with Crippen molar-refractivity contribution in [3.8, 4) is 102 Å². The van der Waals surface area contributed by atoms with Crippen LogP contribution in [0, 0.1) is 0 Å². The zero-order chi connectivity index (χ0) is 91.7. The van der Waals surface area contributed by atoms with Gasteiger partial charge in [0.25, 0.3) is 0 Å². The summed E-state index contributed by atoms with van der Waals surface area (Å²) in [6.45, 7) is 0. The number of aromatic nitrogens is 12. The van der Waals surface area contributed by atoms with Crippen LogP contribution >= 0.6 is 11.3 Å². The fourth-order valence-corrected chi connectivity index (χ4v) is 23.3. The first kappa shape index (κ1) is 78.7. The van der Waals surface area contributed by atoms with Crippen molar-refractivity contribution in [1.29, 1.82) is 0 Å². The Hall–Kier alpha value is -18.8. The van der Waals surface area contributed by atoms with E-state index in [2.05, 4.69) is 379 Å². The highest BCUT2D eigenvalue weighted by Crippen LogP contribution is 2.48. The largest absolute Gasteiger partial charge is 0.456 e. The second kappa shape index (κ2) is 31.4. The van der Waals surface area contributed by atoms with Crippen LogP contribution in [0.15, 0.2) is 465 Å². The van der Waals surface area contributed by atoms with Crippen molar-refractivity contribution in [1.82, 2.24) is 57.3 Å². The summed E-state index contributed by atoms with van der Waals surface area (Å²) < 4.78 is 23.4. The van der Waals surface area contributed by atoms with Gasteiger partial charge in [0.15, 0.2) is 34.9 Å². The van der Waals surface area contributed by atoms with E-state index in [1.54, 1.807) is 11.3 Å². The molecule has 0 bridgehead atoms. The first-order valence-electron chi connectivity index (χ1n) is 47.2. The van der Waals surface area contributed by atoms with Crippen molar-refractivity contribution in [2.24, 2.45) is 0 Å². The smallest absolute Gasteiger partial charge is 0.165 e. The van der Waals surface area contributed by atoms with E-state index in [0.29, 0.717) is 34.9 Å². The van der Waals surface area contributed by atoms with Crippen LogP contribution in [-0.4, -0.2) is 57.3 Å². The van der Waals surface area contributed by atoms with E-state index >= 15 is 0 Å². The van der Waals surface area contributed by atoms with Gasteiger partial charge in [-0.1, -0.05) is 291 Å². The second-order valence-corrected chi connectivity index (χ2v) is 37.0. The molecule has 0 radical (unpaired) electrons. The van der Waals surface area contributed by atoms with Crippen LogP contribution in [0.4, 0.5) is 0 Å². The lowest BCUT2D eigenvalue weighted by atomic mass is 10.1. The van der Waals surface area contributed by atoms with Crippen molar-refractivity contribution in [3.63, 3.8) is 0 Å². The Labute approximate surface area is 803 Å². The molecule has 0 fully saturated rings. The lowest BCUT2D eigenvalue weighted by Crippen LogP contribution is -2.00. The van der Waals surface area contributed by atoms with Crippen LogP contribution < -0.4 is 0 Å². The van der Waals surface area contributed by atoms with Crippen molar-refractivity contribution >= 4 is 184 Å². The Morgan fingerprint density at radius 3 is 0.750 bits per heavy atom. The molecule has 14 heteroatoms. The van der Waals surface area contributed by atoms with Crippen molar-refractivity contribution < 1.29 is 4.42 Å². The molecule has 20 aromatic carbocycles. The van der Waals surface area contributed by atoms with E-state index in [4.69, 9.17) is 34.3 Å². The maximum Gasteiger partial charge on any atom is 0.165 e. The number of rotatable bonds is 12. The Morgan fingerprint density at radius 2 is 0.400 bits per heavy atom. The standard InChI is InChI=1S/C63H38N6O.C63H38N6S/c1-3-15-39(16-4-1)61-64-62(40-17-5-2-6-18-40)66-63(65-61)41-27-33-59-51(35-41)52-38-44(30-34-60(52)70-59)69-56-26-14-10-22-48(56)50-37-43(29-32-58(50)69)68-55-25-13-9-21-47(55)49-36-42(28-31-57(49)68)67-53-23-11-7-19-45(53)46-20-8-12-24-54(46)67;1-3-17-39(18-4-1)61-64-62(40-19-5-2-6-20-40)66-63(65-61)49-27-15-25-47-48-26-16-32-58(60(48)70-59(47)49)69-55-31-14-10-24-46(55)51-38-42(34-36-57(51)69)68-54-30-13-9-23-45(54)50-37-41(33-35-56(50)68)67-52-28-11-7-21-43(52)44-22-8-12-29-53(44)67/h2*1-38H. The molecule has 0 N–H and O–H groups in total. The van der Waals surface area contributed by atoms with Gasteiger partial charge in [0, 0.05) is 153 Å². The molecule has 0 aliphatic heterocycles. The monoisotopic (exact) mass is 1800 g/mol. The molecular weight excluding hydrogens is 1730 g/mol. The number of hydrogen-bond acceptors (Lipinski definition) is 8. The maximum absolute atomic E-state index is 6.50. The highest BCUT2D eigenvalue weighted by Gasteiger charge is 2.27. The average Bonchev–Trinajstić information content (AvgIpc) is 1.56. The average molecular weight is 1810 g/mol. The molecule has 0 amide bonds. The summed E-state index contributed by atoms with van der Waals surface area (Å²) in [7, 11) is 0. The highest BCUT2D eigenvalue weighted by atomic mass is 32.1. The lowest BCUT2D eigenvalue weighted by molar-refractivity contribution is 0.669. The van der Waals surface area contributed by atoms with E-state index in [1.807, 2.05) is 109 Å². The number of nitrogens with zero attached hydrogens (tertiary/aromatic N) is 12. The van der Waals surface area contributed by atoms with Gasteiger partial charge in [-0.25, -0.2) is 29.9 Å². The predicted molar refractivity (Wildman–Crippen MR) is 578 cm³/mol. The summed E-state index contributed by atoms with van der Waals surface area (Å²) in [4.78, 5) is 30.3. The van der Waals surface area contributed by atoms with Gasteiger partial charge < -0.3 is 31.8 Å². The summed E-state index contributed by atoms with van der Waals surface area (Å²) in [5, 5.41) is 19.1. The Morgan fingerprint density at radius 1 is 0.157 bits per heavy atom. The van der Waals surface area contributed by atoms with Gasteiger partial charge in [-0.05, 0) is 170 Å². The minimum absolute atomic E-state index is 0.602. The normalized spacial score (nSPS) is 12.0. The van der Waals surface area contributed by atoms with Gasteiger partial charge in [-0.3, -0.25) is 0 Å². The predicted octanol–water partition coefficient (Wildman–Crippen LogP) is 32.6. The van der Waals surface area contributed by atoms with Gasteiger partial charge in [-0.15, -0.1) is 11.3 Å². The summed E-state index contributed by atoms with van der Waals surface area (Å²) >= 11 is 1.81. The van der Waals surface area contributed by atoms with Crippen molar-refractivity contribution in [2.45, 2.75) is 0 Å². The molecular formula is C126H76N12OS. The summed E-state index contributed by atoms with van der Waals surface area (Å²) in [6, 6.07) is 164. The summed E-state index contributed by atoms with van der Waals surface area (Å²) in [5.41, 5.74) is 28.0. The van der Waals surface area contributed by atoms with Crippen LogP contribution in [-0.2, 0) is 0 Å². The number of fused-ring (bicyclic) bond motifs is 24. The van der Waals surface area contributed by atoms with Crippen LogP contribution in [0.2, 0.25) is 0 Å². The number of furan rings is 1. The van der Waals surface area contributed by atoms with Crippen LogP contribution in [0.25, 0.3) is 275 Å². The molecule has 30 rings (SSSR count). The third-order valence-electron chi connectivity index (χ3n) is 28.2. The quantitative estimate of drug-likeness (QED) is 0.119. The zero-order valence-electron chi connectivity index (χ0n) is 75.1. The van der Waals surface area contributed by atoms with E-state index < -0.39 is 0 Å². The first-order valence-corrected chi connectivity index (χ1v) is 48.0. The molecule has 0 saturated carbocycles. The minimum atomic E-state index is 0.602. The highest BCUT2D eigenvalue weighted by molar-refractivity contribution is 7.26. The first-order chi connectivity index (χ1) is 69.4. The molecule has 10 heterocycles. The van der Waals surface area contributed by atoms with Crippen molar-refractivity contribution in [3.05, 3.63) is 461 Å². The van der Waals surface area contributed by atoms with Gasteiger partial charge >= 0.3 is 0 Å². The Bertz CT molecular complexity index is 10200. The van der Waals surface area contributed by atoms with Gasteiger partial charge in [0.05, 0.1) is 76.6 Å². The lowest BCUT2D eigenvalue weighted by Gasteiger charge is -2.12. The van der Waals surface area contributed by atoms with Crippen LogP contribution in [0.3, 0.4) is 0 Å². The molecule has 0 aliphatic carbocycles.